The quantitative estimate of drug-likeness (QED) is 0.651. The Bertz CT molecular complexity index is 702. The van der Waals surface area contributed by atoms with Gasteiger partial charge in [0.05, 0.1) is 28.4 Å². The van der Waals surface area contributed by atoms with Gasteiger partial charge in [-0.05, 0) is 30.3 Å². The summed E-state index contributed by atoms with van der Waals surface area (Å²) in [6, 6.07) is 8.09. The number of rotatable bonds is 6. The first-order valence-corrected chi connectivity index (χ1v) is 6.84. The molecule has 0 aliphatic rings. The molecule has 6 heteroatoms. The Kier molecular flexibility index (Phi) is 4.95. The fourth-order valence-electron chi connectivity index (χ4n) is 2.23. The summed E-state index contributed by atoms with van der Waals surface area (Å²) in [5.41, 5.74) is 7.00. The number of carbonyl (C=O) groups excluding carboxylic acids is 1. The molecule has 2 N–H and O–H groups in total. The Hall–Kier alpha value is -2.89. The van der Waals surface area contributed by atoms with E-state index >= 15 is 0 Å². The van der Waals surface area contributed by atoms with Crippen molar-refractivity contribution in [3.05, 3.63) is 41.5 Å². The van der Waals surface area contributed by atoms with Crippen molar-refractivity contribution in [1.82, 2.24) is 0 Å². The maximum Gasteiger partial charge on any atom is 0.203 e. The number of ketones is 1. The molecule has 0 unspecified atom stereocenters. The number of benzene rings is 2. The Morgan fingerprint density at radius 1 is 0.870 bits per heavy atom. The molecular weight excluding hydrogens is 298 g/mol. The number of methoxy groups -OCH3 is 4. The number of nitrogen functional groups attached to an aromatic ring is 1. The molecule has 0 aromatic heterocycles. The van der Waals surface area contributed by atoms with Gasteiger partial charge in [-0.3, -0.25) is 4.79 Å². The highest BCUT2D eigenvalue weighted by molar-refractivity contribution is 6.12. The van der Waals surface area contributed by atoms with E-state index in [1.807, 2.05) is 0 Å². The average Bonchev–Trinajstić information content (AvgIpc) is 2.60. The first-order valence-electron chi connectivity index (χ1n) is 6.84. The number of hydrogen-bond acceptors (Lipinski definition) is 6. The lowest BCUT2D eigenvalue weighted by Crippen LogP contribution is -2.07. The van der Waals surface area contributed by atoms with Crippen LogP contribution in [0.5, 0.6) is 23.0 Å². The molecule has 0 atom stereocenters. The largest absolute Gasteiger partial charge is 0.497 e. The van der Waals surface area contributed by atoms with Crippen LogP contribution in [-0.2, 0) is 0 Å². The number of ether oxygens (including phenoxy) is 4. The molecule has 2 aromatic rings. The molecule has 122 valence electrons. The third kappa shape index (κ3) is 3.15. The van der Waals surface area contributed by atoms with Crippen LogP contribution in [0, 0.1) is 0 Å². The second-order valence-corrected chi connectivity index (χ2v) is 4.70. The monoisotopic (exact) mass is 317 g/mol. The minimum atomic E-state index is -0.263. The molecule has 0 saturated heterocycles. The highest BCUT2D eigenvalue weighted by Gasteiger charge is 2.19. The van der Waals surface area contributed by atoms with Crippen molar-refractivity contribution < 1.29 is 23.7 Å². The van der Waals surface area contributed by atoms with Gasteiger partial charge in [-0.25, -0.2) is 0 Å². The lowest BCUT2D eigenvalue weighted by Gasteiger charge is -2.14. The molecular formula is C17H19NO5. The lowest BCUT2D eigenvalue weighted by atomic mass is 10.0. The van der Waals surface area contributed by atoms with E-state index in [1.165, 1.54) is 28.4 Å². The molecule has 0 spiro atoms. The standard InChI is InChI=1S/C17H19NO5/c1-20-11-5-6-13(18)12(9-11)16(19)10-7-14(21-2)17(23-4)15(8-10)22-3/h5-9H,18H2,1-4H3. The van der Waals surface area contributed by atoms with Crippen LogP contribution in [0.25, 0.3) is 0 Å². The van der Waals surface area contributed by atoms with Crippen LogP contribution in [-0.4, -0.2) is 34.2 Å². The molecule has 2 rings (SSSR count). The topological polar surface area (TPSA) is 80.0 Å². The lowest BCUT2D eigenvalue weighted by molar-refractivity contribution is 0.103. The Balaban J connectivity index is 2.55. The van der Waals surface area contributed by atoms with E-state index in [2.05, 4.69) is 0 Å². The molecule has 0 amide bonds. The molecule has 0 aliphatic heterocycles. The normalized spacial score (nSPS) is 10.1. The van der Waals surface area contributed by atoms with E-state index in [-0.39, 0.29) is 5.78 Å². The molecule has 23 heavy (non-hydrogen) atoms. The van der Waals surface area contributed by atoms with Crippen LogP contribution in [0.4, 0.5) is 5.69 Å². The zero-order chi connectivity index (χ0) is 17.0. The van der Waals surface area contributed by atoms with Crippen LogP contribution < -0.4 is 24.7 Å². The van der Waals surface area contributed by atoms with Crippen molar-refractivity contribution in [2.45, 2.75) is 0 Å². The maximum atomic E-state index is 12.8. The number of hydrogen-bond donors (Lipinski definition) is 1. The van der Waals surface area contributed by atoms with Crippen molar-refractivity contribution in [3.63, 3.8) is 0 Å². The predicted octanol–water partition coefficient (Wildman–Crippen LogP) is 2.53. The summed E-state index contributed by atoms with van der Waals surface area (Å²) in [7, 11) is 6.01. The van der Waals surface area contributed by atoms with E-state index < -0.39 is 0 Å². The SMILES string of the molecule is COc1ccc(N)c(C(=O)c2cc(OC)c(OC)c(OC)c2)c1. The molecule has 0 saturated carbocycles. The van der Waals surface area contributed by atoms with Crippen LogP contribution in [0.3, 0.4) is 0 Å². The van der Waals surface area contributed by atoms with Gasteiger partial charge >= 0.3 is 0 Å². The van der Waals surface area contributed by atoms with Crippen molar-refractivity contribution in [1.29, 1.82) is 0 Å². The van der Waals surface area contributed by atoms with Gasteiger partial charge in [-0.2, -0.15) is 0 Å². The van der Waals surface area contributed by atoms with E-state index in [1.54, 1.807) is 30.3 Å². The van der Waals surface area contributed by atoms with Crippen molar-refractivity contribution in [3.8, 4) is 23.0 Å². The molecule has 0 fully saturated rings. The van der Waals surface area contributed by atoms with Crippen molar-refractivity contribution in [2.24, 2.45) is 0 Å². The Morgan fingerprint density at radius 2 is 1.48 bits per heavy atom. The summed E-state index contributed by atoms with van der Waals surface area (Å²) in [6.45, 7) is 0. The van der Waals surface area contributed by atoms with Crippen LogP contribution in [0.1, 0.15) is 15.9 Å². The Labute approximate surface area is 134 Å². The highest BCUT2D eigenvalue weighted by Crippen LogP contribution is 2.39. The summed E-state index contributed by atoms with van der Waals surface area (Å²) in [6.07, 6.45) is 0. The van der Waals surface area contributed by atoms with Crippen molar-refractivity contribution >= 4 is 11.5 Å². The molecule has 0 heterocycles. The fourth-order valence-corrected chi connectivity index (χ4v) is 2.23. The van der Waals surface area contributed by atoms with Crippen LogP contribution in [0.2, 0.25) is 0 Å². The van der Waals surface area contributed by atoms with Gasteiger partial charge in [0.25, 0.3) is 0 Å². The zero-order valence-corrected chi connectivity index (χ0v) is 13.5. The minimum absolute atomic E-state index is 0.263. The summed E-state index contributed by atoms with van der Waals surface area (Å²) < 4.78 is 20.9. The summed E-state index contributed by atoms with van der Waals surface area (Å²) in [4.78, 5) is 12.8. The molecule has 0 radical (unpaired) electrons. The van der Waals surface area contributed by atoms with Gasteiger partial charge < -0.3 is 24.7 Å². The first-order chi connectivity index (χ1) is 11.0. The van der Waals surface area contributed by atoms with Gasteiger partial charge in [0, 0.05) is 16.8 Å². The zero-order valence-electron chi connectivity index (χ0n) is 13.5. The molecule has 2 aromatic carbocycles. The van der Waals surface area contributed by atoms with E-state index in [0.29, 0.717) is 39.8 Å². The second-order valence-electron chi connectivity index (χ2n) is 4.70. The van der Waals surface area contributed by atoms with Crippen molar-refractivity contribution in [2.75, 3.05) is 34.2 Å². The predicted molar refractivity (Wildman–Crippen MR) is 86.9 cm³/mol. The van der Waals surface area contributed by atoms with Gasteiger partial charge in [0.2, 0.25) is 5.75 Å². The van der Waals surface area contributed by atoms with E-state index in [9.17, 15) is 4.79 Å². The smallest absolute Gasteiger partial charge is 0.203 e. The molecule has 0 aliphatic carbocycles. The van der Waals surface area contributed by atoms with Gasteiger partial charge in [0.15, 0.2) is 17.3 Å². The summed E-state index contributed by atoms with van der Waals surface area (Å²) >= 11 is 0. The maximum absolute atomic E-state index is 12.8. The third-order valence-electron chi connectivity index (χ3n) is 3.43. The number of nitrogens with two attached hydrogens (primary N) is 1. The van der Waals surface area contributed by atoms with Gasteiger partial charge in [-0.15, -0.1) is 0 Å². The fraction of sp³-hybridized carbons (Fsp3) is 0.235. The summed E-state index contributed by atoms with van der Waals surface area (Å²) in [5.74, 6) is 1.51. The number of anilines is 1. The van der Waals surface area contributed by atoms with Gasteiger partial charge in [-0.1, -0.05) is 0 Å². The second kappa shape index (κ2) is 6.91. The Morgan fingerprint density at radius 3 is 1.96 bits per heavy atom. The highest BCUT2D eigenvalue weighted by atomic mass is 16.5. The van der Waals surface area contributed by atoms with Gasteiger partial charge in [0.1, 0.15) is 5.75 Å². The first kappa shape index (κ1) is 16.5. The minimum Gasteiger partial charge on any atom is -0.497 e. The summed E-state index contributed by atoms with van der Waals surface area (Å²) in [5, 5.41) is 0. The van der Waals surface area contributed by atoms with Crippen LogP contribution >= 0.6 is 0 Å². The third-order valence-corrected chi connectivity index (χ3v) is 3.43. The average molecular weight is 317 g/mol. The van der Waals surface area contributed by atoms with Crippen LogP contribution in [0.15, 0.2) is 30.3 Å². The molecule has 0 bridgehead atoms. The molecule has 6 nitrogen and oxygen atoms in total. The van der Waals surface area contributed by atoms with E-state index in [0.717, 1.165) is 0 Å². The number of carbonyl (C=O) groups is 1. The van der Waals surface area contributed by atoms with E-state index in [4.69, 9.17) is 24.7 Å².